The lowest BCUT2D eigenvalue weighted by atomic mass is 10.2. The summed E-state index contributed by atoms with van der Waals surface area (Å²) in [5, 5.41) is 0. The molecule has 0 aliphatic carbocycles. The molecule has 28 heavy (non-hydrogen) atoms. The maximum absolute atomic E-state index is 13.0. The molecule has 1 aliphatic heterocycles. The molecule has 0 N–H and O–H groups in total. The number of halogens is 1. The Kier molecular flexibility index (Phi) is 7.15. The van der Waals surface area contributed by atoms with E-state index in [2.05, 4.69) is 22.9 Å². The van der Waals surface area contributed by atoms with Gasteiger partial charge in [0.25, 0.3) is 5.91 Å². The van der Waals surface area contributed by atoms with Crippen LogP contribution < -0.4 is 14.4 Å². The van der Waals surface area contributed by atoms with Crippen molar-refractivity contribution in [3.8, 4) is 11.5 Å². The SMILES string of the molecule is CCCOc1ccc(Br)cc1/C=C1/SC(=S)N(c2ccc(OCC)cc2)C1=O. The van der Waals surface area contributed by atoms with Gasteiger partial charge in [0.15, 0.2) is 4.32 Å². The summed E-state index contributed by atoms with van der Waals surface area (Å²) in [7, 11) is 0. The molecule has 1 amide bonds. The first-order chi connectivity index (χ1) is 13.5. The van der Waals surface area contributed by atoms with E-state index in [9.17, 15) is 4.79 Å². The van der Waals surface area contributed by atoms with Gasteiger partial charge in [-0.05, 0) is 61.9 Å². The third-order valence-corrected chi connectivity index (χ3v) is 5.72. The molecular formula is C21H20BrNO3S2. The first-order valence-electron chi connectivity index (χ1n) is 8.96. The van der Waals surface area contributed by atoms with Gasteiger partial charge < -0.3 is 9.47 Å². The van der Waals surface area contributed by atoms with E-state index in [-0.39, 0.29) is 5.91 Å². The summed E-state index contributed by atoms with van der Waals surface area (Å²) in [5.74, 6) is 1.37. The Hall–Kier alpha value is -1.83. The zero-order valence-corrected chi connectivity index (χ0v) is 18.8. The van der Waals surface area contributed by atoms with E-state index < -0.39 is 0 Å². The topological polar surface area (TPSA) is 38.8 Å². The first-order valence-corrected chi connectivity index (χ1v) is 11.0. The number of carbonyl (C=O) groups excluding carboxylic acids is 1. The Labute approximate surface area is 183 Å². The van der Waals surface area contributed by atoms with Crippen molar-refractivity contribution in [3.05, 3.63) is 57.4 Å². The standard InChI is InChI=1S/C21H20BrNO3S2/c1-3-11-26-18-10-5-15(22)12-14(18)13-19-20(24)23(21(27)28-19)16-6-8-17(9-7-16)25-4-2/h5-10,12-13H,3-4,11H2,1-2H3/b19-13+. The number of carbonyl (C=O) groups is 1. The largest absolute Gasteiger partial charge is 0.494 e. The van der Waals surface area contributed by atoms with Crippen LogP contribution in [-0.4, -0.2) is 23.4 Å². The lowest BCUT2D eigenvalue weighted by Crippen LogP contribution is -2.27. The van der Waals surface area contributed by atoms with Crippen molar-refractivity contribution < 1.29 is 14.3 Å². The number of thiocarbonyl (C=S) groups is 1. The third kappa shape index (κ3) is 4.77. The summed E-state index contributed by atoms with van der Waals surface area (Å²) in [5.41, 5.74) is 1.57. The van der Waals surface area contributed by atoms with Gasteiger partial charge in [0, 0.05) is 10.0 Å². The molecule has 4 nitrogen and oxygen atoms in total. The minimum Gasteiger partial charge on any atom is -0.494 e. The fourth-order valence-electron chi connectivity index (χ4n) is 2.67. The molecule has 1 fully saturated rings. The Balaban J connectivity index is 1.88. The highest BCUT2D eigenvalue weighted by Crippen LogP contribution is 2.38. The average molecular weight is 478 g/mol. The van der Waals surface area contributed by atoms with Crippen molar-refractivity contribution in [1.29, 1.82) is 0 Å². The van der Waals surface area contributed by atoms with Gasteiger partial charge in [-0.3, -0.25) is 9.69 Å². The summed E-state index contributed by atoms with van der Waals surface area (Å²) in [4.78, 5) is 15.1. The Bertz CT molecular complexity index is 912. The second-order valence-electron chi connectivity index (χ2n) is 5.97. The summed E-state index contributed by atoms with van der Waals surface area (Å²) < 4.78 is 12.7. The summed E-state index contributed by atoms with van der Waals surface area (Å²) in [6.45, 7) is 5.20. The van der Waals surface area contributed by atoms with Crippen LogP contribution in [0.1, 0.15) is 25.8 Å². The van der Waals surface area contributed by atoms with Gasteiger partial charge in [0.2, 0.25) is 0 Å². The molecule has 3 rings (SSSR count). The summed E-state index contributed by atoms with van der Waals surface area (Å²) >= 11 is 10.2. The van der Waals surface area contributed by atoms with Crippen molar-refractivity contribution >= 4 is 61.9 Å². The van der Waals surface area contributed by atoms with E-state index in [1.165, 1.54) is 11.8 Å². The molecule has 1 aliphatic rings. The van der Waals surface area contributed by atoms with Crippen LogP contribution in [0.5, 0.6) is 11.5 Å². The van der Waals surface area contributed by atoms with Crippen LogP contribution in [0.2, 0.25) is 0 Å². The molecule has 146 valence electrons. The Morgan fingerprint density at radius 3 is 2.57 bits per heavy atom. The van der Waals surface area contributed by atoms with E-state index in [1.54, 1.807) is 4.90 Å². The number of benzene rings is 2. The normalized spacial score (nSPS) is 15.4. The van der Waals surface area contributed by atoms with E-state index in [0.29, 0.717) is 22.4 Å². The summed E-state index contributed by atoms with van der Waals surface area (Å²) in [6, 6.07) is 13.1. The maximum atomic E-state index is 13.0. The number of amides is 1. The zero-order valence-electron chi connectivity index (χ0n) is 15.6. The Morgan fingerprint density at radius 1 is 1.14 bits per heavy atom. The van der Waals surface area contributed by atoms with Crippen LogP contribution in [0.3, 0.4) is 0 Å². The highest BCUT2D eigenvalue weighted by molar-refractivity contribution is 9.10. The third-order valence-electron chi connectivity index (χ3n) is 3.92. The van der Waals surface area contributed by atoms with Crippen molar-refractivity contribution in [1.82, 2.24) is 0 Å². The summed E-state index contributed by atoms with van der Waals surface area (Å²) in [6.07, 6.45) is 2.75. The second kappa shape index (κ2) is 9.58. The predicted octanol–water partition coefficient (Wildman–Crippen LogP) is 6.04. The van der Waals surface area contributed by atoms with Gasteiger partial charge in [0.05, 0.1) is 23.8 Å². The molecule has 0 atom stereocenters. The molecule has 0 saturated carbocycles. The fourth-order valence-corrected chi connectivity index (χ4v) is 4.33. The molecule has 0 radical (unpaired) electrons. The van der Waals surface area contributed by atoms with Crippen LogP contribution in [0.4, 0.5) is 5.69 Å². The number of rotatable bonds is 7. The zero-order chi connectivity index (χ0) is 20.1. The molecule has 0 aromatic heterocycles. The Morgan fingerprint density at radius 2 is 1.89 bits per heavy atom. The van der Waals surface area contributed by atoms with Crippen LogP contribution in [-0.2, 0) is 4.79 Å². The first kappa shape index (κ1) is 20.9. The lowest BCUT2D eigenvalue weighted by Gasteiger charge is -2.15. The molecule has 0 unspecified atom stereocenters. The van der Waals surface area contributed by atoms with E-state index >= 15 is 0 Å². The van der Waals surface area contributed by atoms with Gasteiger partial charge in [-0.25, -0.2) is 0 Å². The molecular weight excluding hydrogens is 458 g/mol. The smallest absolute Gasteiger partial charge is 0.270 e. The highest BCUT2D eigenvalue weighted by Gasteiger charge is 2.33. The van der Waals surface area contributed by atoms with Crippen LogP contribution >= 0.6 is 39.9 Å². The molecule has 0 bridgehead atoms. The van der Waals surface area contributed by atoms with Crippen LogP contribution in [0, 0.1) is 0 Å². The van der Waals surface area contributed by atoms with Crippen LogP contribution in [0.15, 0.2) is 51.8 Å². The fraction of sp³-hybridized carbons (Fsp3) is 0.238. The molecule has 2 aromatic rings. The number of ether oxygens (including phenoxy) is 2. The van der Waals surface area contributed by atoms with Crippen molar-refractivity contribution in [2.75, 3.05) is 18.1 Å². The van der Waals surface area contributed by atoms with Gasteiger partial charge in [-0.15, -0.1) is 0 Å². The van der Waals surface area contributed by atoms with Crippen LogP contribution in [0.25, 0.3) is 6.08 Å². The van der Waals surface area contributed by atoms with Crippen molar-refractivity contribution in [2.45, 2.75) is 20.3 Å². The van der Waals surface area contributed by atoms with E-state index in [0.717, 1.165) is 33.6 Å². The second-order valence-corrected chi connectivity index (χ2v) is 8.57. The molecule has 1 saturated heterocycles. The maximum Gasteiger partial charge on any atom is 0.270 e. The van der Waals surface area contributed by atoms with Crippen molar-refractivity contribution in [2.24, 2.45) is 0 Å². The minimum atomic E-state index is -0.138. The van der Waals surface area contributed by atoms with E-state index in [4.69, 9.17) is 21.7 Å². The molecule has 7 heteroatoms. The monoisotopic (exact) mass is 477 g/mol. The number of hydrogen-bond donors (Lipinski definition) is 0. The molecule has 2 aromatic carbocycles. The van der Waals surface area contributed by atoms with Gasteiger partial charge in [-0.1, -0.05) is 46.8 Å². The minimum absolute atomic E-state index is 0.138. The number of nitrogens with zero attached hydrogens (tertiary/aromatic N) is 1. The molecule has 1 heterocycles. The van der Waals surface area contributed by atoms with Gasteiger partial charge in [-0.2, -0.15) is 0 Å². The van der Waals surface area contributed by atoms with E-state index in [1.807, 2.05) is 55.5 Å². The number of thioether (sulfide) groups is 1. The van der Waals surface area contributed by atoms with Gasteiger partial charge in [0.1, 0.15) is 11.5 Å². The predicted molar refractivity (Wildman–Crippen MR) is 123 cm³/mol. The number of anilines is 1. The quantitative estimate of drug-likeness (QED) is 0.358. The average Bonchev–Trinajstić information content (AvgIpc) is 2.95. The van der Waals surface area contributed by atoms with Crippen molar-refractivity contribution in [3.63, 3.8) is 0 Å². The number of hydrogen-bond acceptors (Lipinski definition) is 5. The lowest BCUT2D eigenvalue weighted by molar-refractivity contribution is -0.113. The van der Waals surface area contributed by atoms with Gasteiger partial charge >= 0.3 is 0 Å². The highest BCUT2D eigenvalue weighted by atomic mass is 79.9. The molecule has 0 spiro atoms.